The Morgan fingerprint density at radius 3 is 2.47 bits per heavy atom. The molecule has 0 saturated carbocycles. The van der Waals surface area contributed by atoms with Gasteiger partial charge in [0.2, 0.25) is 0 Å². The van der Waals surface area contributed by atoms with E-state index in [1.807, 2.05) is 4.90 Å². The second kappa shape index (κ2) is 9.63. The molecule has 2 aromatic rings. The number of rotatable bonds is 7. The Labute approximate surface area is 171 Å². The molecule has 1 N–H and O–H groups in total. The highest BCUT2D eigenvalue weighted by Crippen LogP contribution is 2.39. The van der Waals surface area contributed by atoms with Crippen molar-refractivity contribution >= 4 is 0 Å². The van der Waals surface area contributed by atoms with Gasteiger partial charge in [-0.2, -0.15) is 13.2 Å². The van der Waals surface area contributed by atoms with E-state index in [-0.39, 0.29) is 29.2 Å². The summed E-state index contributed by atoms with van der Waals surface area (Å²) >= 11 is 0. The quantitative estimate of drug-likeness (QED) is 0.682. The summed E-state index contributed by atoms with van der Waals surface area (Å²) in [6, 6.07) is 6.84. The number of nitrogens with zero attached hydrogens (tertiary/aromatic N) is 1. The van der Waals surface area contributed by atoms with Gasteiger partial charge >= 0.3 is 6.18 Å². The molecular formula is C21H23F4NO4. The second-order valence-electron chi connectivity index (χ2n) is 6.96. The number of aliphatic hydroxyl groups excluding tert-OH is 1. The standard InChI is InChI=1S/C21H23F4NO4/c1-28-17-8-14(19-3-2-15(22)10-20(19)21(23,24)25)9-18(11-17)30-13-16(27)12-26-4-6-29-7-5-26/h2-3,8-11,16,27H,4-7,12-13H2,1H3. The number of hydrogen-bond acceptors (Lipinski definition) is 5. The Morgan fingerprint density at radius 2 is 1.80 bits per heavy atom. The molecule has 164 valence electrons. The summed E-state index contributed by atoms with van der Waals surface area (Å²) < 4.78 is 69.7. The van der Waals surface area contributed by atoms with Gasteiger partial charge in [-0.05, 0) is 35.4 Å². The van der Waals surface area contributed by atoms with Gasteiger partial charge in [-0.1, -0.05) is 6.07 Å². The number of morpholine rings is 1. The Kier molecular flexibility index (Phi) is 7.17. The van der Waals surface area contributed by atoms with Crippen LogP contribution in [-0.4, -0.2) is 62.7 Å². The average molecular weight is 429 g/mol. The van der Waals surface area contributed by atoms with Crippen molar-refractivity contribution in [2.45, 2.75) is 12.3 Å². The third-order valence-electron chi connectivity index (χ3n) is 4.73. The van der Waals surface area contributed by atoms with E-state index < -0.39 is 23.7 Å². The number of halogens is 4. The van der Waals surface area contributed by atoms with E-state index in [0.717, 1.165) is 12.1 Å². The smallest absolute Gasteiger partial charge is 0.417 e. The topological polar surface area (TPSA) is 51.2 Å². The van der Waals surface area contributed by atoms with Gasteiger partial charge in [0.15, 0.2) is 0 Å². The monoisotopic (exact) mass is 429 g/mol. The van der Waals surface area contributed by atoms with Crippen molar-refractivity contribution in [3.63, 3.8) is 0 Å². The molecule has 1 saturated heterocycles. The molecule has 1 aliphatic heterocycles. The normalized spacial score (nSPS) is 16.3. The molecule has 0 aliphatic carbocycles. The fourth-order valence-corrected chi connectivity index (χ4v) is 3.26. The highest BCUT2D eigenvalue weighted by molar-refractivity contribution is 5.71. The lowest BCUT2D eigenvalue weighted by atomic mass is 9.98. The van der Waals surface area contributed by atoms with Crippen LogP contribution >= 0.6 is 0 Å². The molecule has 3 rings (SSSR count). The van der Waals surface area contributed by atoms with Crippen molar-refractivity contribution in [2.75, 3.05) is 46.6 Å². The van der Waals surface area contributed by atoms with E-state index in [1.165, 1.54) is 25.3 Å². The Morgan fingerprint density at radius 1 is 1.10 bits per heavy atom. The van der Waals surface area contributed by atoms with E-state index in [4.69, 9.17) is 14.2 Å². The number of aliphatic hydroxyl groups is 1. The van der Waals surface area contributed by atoms with Gasteiger partial charge in [0.1, 0.15) is 30.0 Å². The van der Waals surface area contributed by atoms with Crippen molar-refractivity contribution in [1.29, 1.82) is 0 Å². The van der Waals surface area contributed by atoms with Crippen LogP contribution in [0, 0.1) is 5.82 Å². The Hall–Kier alpha value is -2.36. The van der Waals surface area contributed by atoms with Gasteiger partial charge < -0.3 is 19.3 Å². The van der Waals surface area contributed by atoms with E-state index >= 15 is 0 Å². The lowest BCUT2D eigenvalue weighted by molar-refractivity contribution is -0.137. The van der Waals surface area contributed by atoms with Gasteiger partial charge in [-0.15, -0.1) is 0 Å². The number of ether oxygens (including phenoxy) is 3. The van der Waals surface area contributed by atoms with E-state index in [9.17, 15) is 22.7 Å². The third-order valence-corrected chi connectivity index (χ3v) is 4.73. The lowest BCUT2D eigenvalue weighted by Gasteiger charge is -2.28. The Bertz CT molecular complexity index is 853. The minimum Gasteiger partial charge on any atom is -0.497 e. The molecule has 9 heteroatoms. The number of β-amino-alcohol motifs (C(OH)–C–C–N with tert-alkyl or cyclic N) is 1. The molecule has 1 unspecified atom stereocenters. The summed E-state index contributed by atoms with van der Waals surface area (Å²) in [5.74, 6) is -0.456. The van der Waals surface area contributed by atoms with Gasteiger partial charge in [-0.25, -0.2) is 4.39 Å². The molecule has 1 aliphatic rings. The maximum atomic E-state index is 13.4. The zero-order chi connectivity index (χ0) is 21.7. The maximum Gasteiger partial charge on any atom is 0.417 e. The summed E-state index contributed by atoms with van der Waals surface area (Å²) in [7, 11) is 1.38. The van der Waals surface area contributed by atoms with Crippen molar-refractivity contribution in [3.8, 4) is 22.6 Å². The first-order chi connectivity index (χ1) is 14.3. The van der Waals surface area contributed by atoms with Crippen molar-refractivity contribution in [3.05, 3.63) is 47.8 Å². The highest BCUT2D eigenvalue weighted by Gasteiger charge is 2.34. The first kappa shape index (κ1) is 22.3. The van der Waals surface area contributed by atoms with Gasteiger partial charge in [-0.3, -0.25) is 4.90 Å². The Balaban J connectivity index is 1.79. The fourth-order valence-electron chi connectivity index (χ4n) is 3.26. The maximum absolute atomic E-state index is 13.4. The molecule has 0 bridgehead atoms. The van der Waals surface area contributed by atoms with Crippen LogP contribution in [0.15, 0.2) is 36.4 Å². The molecule has 1 atom stereocenters. The molecule has 2 aromatic carbocycles. The van der Waals surface area contributed by atoms with Crippen LogP contribution in [0.5, 0.6) is 11.5 Å². The summed E-state index contributed by atoms with van der Waals surface area (Å²) in [6.45, 7) is 2.99. The summed E-state index contributed by atoms with van der Waals surface area (Å²) in [6.07, 6.45) is -5.51. The molecule has 0 radical (unpaired) electrons. The molecule has 5 nitrogen and oxygen atoms in total. The van der Waals surface area contributed by atoms with Crippen LogP contribution in [0.1, 0.15) is 5.56 Å². The van der Waals surface area contributed by atoms with E-state index in [1.54, 1.807) is 0 Å². The number of methoxy groups -OCH3 is 1. The van der Waals surface area contributed by atoms with Crippen LogP contribution in [0.2, 0.25) is 0 Å². The largest absolute Gasteiger partial charge is 0.497 e. The van der Waals surface area contributed by atoms with Gasteiger partial charge in [0.05, 0.1) is 25.9 Å². The van der Waals surface area contributed by atoms with Crippen LogP contribution < -0.4 is 9.47 Å². The molecule has 1 fully saturated rings. The number of hydrogen-bond donors (Lipinski definition) is 1. The van der Waals surface area contributed by atoms with Crippen LogP contribution in [-0.2, 0) is 10.9 Å². The highest BCUT2D eigenvalue weighted by atomic mass is 19.4. The number of alkyl halides is 3. The minimum atomic E-state index is -4.73. The molecular weight excluding hydrogens is 406 g/mol. The third kappa shape index (κ3) is 5.84. The molecule has 0 aromatic heterocycles. The SMILES string of the molecule is COc1cc(OCC(O)CN2CCOCC2)cc(-c2ccc(F)cc2C(F)(F)F)c1. The van der Waals surface area contributed by atoms with Gasteiger partial charge in [0, 0.05) is 25.7 Å². The first-order valence-electron chi connectivity index (χ1n) is 9.43. The molecule has 30 heavy (non-hydrogen) atoms. The number of benzene rings is 2. The lowest BCUT2D eigenvalue weighted by Crippen LogP contribution is -2.42. The zero-order valence-electron chi connectivity index (χ0n) is 16.4. The summed E-state index contributed by atoms with van der Waals surface area (Å²) in [5.41, 5.74) is -1.12. The first-order valence-corrected chi connectivity index (χ1v) is 9.43. The molecule has 1 heterocycles. The van der Waals surface area contributed by atoms with Gasteiger partial charge in [0.25, 0.3) is 0 Å². The summed E-state index contributed by atoms with van der Waals surface area (Å²) in [5, 5.41) is 10.2. The average Bonchev–Trinajstić information content (AvgIpc) is 2.72. The summed E-state index contributed by atoms with van der Waals surface area (Å²) in [4.78, 5) is 2.04. The van der Waals surface area contributed by atoms with E-state index in [2.05, 4.69) is 0 Å². The van der Waals surface area contributed by atoms with E-state index in [0.29, 0.717) is 38.9 Å². The molecule has 0 amide bonds. The van der Waals surface area contributed by atoms with Crippen molar-refractivity contribution < 1.29 is 36.9 Å². The zero-order valence-corrected chi connectivity index (χ0v) is 16.4. The second-order valence-corrected chi connectivity index (χ2v) is 6.96. The predicted octanol–water partition coefficient (Wildman–Crippen LogP) is 3.59. The van der Waals surface area contributed by atoms with Crippen LogP contribution in [0.3, 0.4) is 0 Å². The molecule has 0 spiro atoms. The van der Waals surface area contributed by atoms with Crippen LogP contribution in [0.25, 0.3) is 11.1 Å². The fraction of sp³-hybridized carbons (Fsp3) is 0.429. The predicted molar refractivity (Wildman–Crippen MR) is 102 cm³/mol. The minimum absolute atomic E-state index is 0.0422. The van der Waals surface area contributed by atoms with Crippen molar-refractivity contribution in [2.24, 2.45) is 0 Å². The van der Waals surface area contributed by atoms with Crippen molar-refractivity contribution in [1.82, 2.24) is 4.90 Å². The van der Waals surface area contributed by atoms with Crippen LogP contribution in [0.4, 0.5) is 17.6 Å².